The van der Waals surface area contributed by atoms with Crippen LogP contribution in [0.5, 0.6) is 0 Å². The van der Waals surface area contributed by atoms with Crippen LogP contribution in [0, 0.1) is 11.8 Å². The number of ether oxygens (including phenoxy) is 1. The van der Waals surface area contributed by atoms with Gasteiger partial charge in [-0.25, -0.2) is 0 Å². The maximum absolute atomic E-state index is 14.3. The van der Waals surface area contributed by atoms with Gasteiger partial charge in [-0.15, -0.1) is 24.9 Å². The zero-order chi connectivity index (χ0) is 25.0. The molecule has 0 radical (unpaired) electrons. The third-order valence-electron chi connectivity index (χ3n) is 8.30. The molecule has 2 unspecified atom stereocenters. The Morgan fingerprint density at radius 3 is 2.63 bits per heavy atom. The minimum Gasteiger partial charge on any atom is -0.465 e. The van der Waals surface area contributed by atoms with E-state index in [0.717, 1.165) is 38.5 Å². The fourth-order valence-corrected chi connectivity index (χ4v) is 8.98. The van der Waals surface area contributed by atoms with E-state index in [-0.39, 0.29) is 42.3 Å². The highest BCUT2D eigenvalue weighted by atomic mass is 32.2. The summed E-state index contributed by atoms with van der Waals surface area (Å²) in [6, 6.07) is -0.413. The lowest BCUT2D eigenvalue weighted by Gasteiger charge is -2.41. The van der Waals surface area contributed by atoms with Gasteiger partial charge in [-0.05, 0) is 44.9 Å². The van der Waals surface area contributed by atoms with Crippen molar-refractivity contribution >= 4 is 29.5 Å². The number of aliphatic hydroxyl groups excluding tert-OH is 1. The van der Waals surface area contributed by atoms with Crippen LogP contribution in [0.3, 0.4) is 0 Å². The molecular formula is C27H40N2O5S. The second kappa shape index (κ2) is 11.5. The number of likely N-dealkylation sites (tertiary alicyclic amines) is 1. The highest BCUT2D eigenvalue weighted by molar-refractivity contribution is 8.02. The number of rotatable bonds is 12. The number of hydrogen-bond donors (Lipinski definition) is 1. The summed E-state index contributed by atoms with van der Waals surface area (Å²) in [7, 11) is 0. The summed E-state index contributed by atoms with van der Waals surface area (Å²) in [4.78, 5) is 45.1. The quantitative estimate of drug-likeness (QED) is 0.249. The maximum atomic E-state index is 14.3. The van der Waals surface area contributed by atoms with E-state index < -0.39 is 22.6 Å². The van der Waals surface area contributed by atoms with Gasteiger partial charge in [0, 0.05) is 31.0 Å². The summed E-state index contributed by atoms with van der Waals surface area (Å²) in [5.41, 5.74) is 0. The van der Waals surface area contributed by atoms with Gasteiger partial charge < -0.3 is 19.6 Å². The second-order valence-corrected chi connectivity index (χ2v) is 11.9. The number of aliphatic hydroxyl groups is 1. The molecule has 3 saturated heterocycles. The normalized spacial score (nSPS) is 31.9. The Morgan fingerprint density at radius 2 is 1.94 bits per heavy atom. The molecule has 2 amide bonds. The highest BCUT2D eigenvalue weighted by Gasteiger charge is 2.74. The monoisotopic (exact) mass is 504 g/mol. The van der Waals surface area contributed by atoms with E-state index in [1.54, 1.807) is 28.8 Å². The molecule has 35 heavy (non-hydrogen) atoms. The predicted molar refractivity (Wildman–Crippen MR) is 137 cm³/mol. The largest absolute Gasteiger partial charge is 0.465 e. The van der Waals surface area contributed by atoms with Crippen LogP contribution in [0.2, 0.25) is 0 Å². The number of unbranched alkanes of at least 4 members (excludes halogenated alkanes) is 1. The van der Waals surface area contributed by atoms with Gasteiger partial charge in [0.2, 0.25) is 11.8 Å². The Kier molecular flexibility index (Phi) is 8.63. The van der Waals surface area contributed by atoms with Gasteiger partial charge >= 0.3 is 5.97 Å². The number of thioether (sulfide) groups is 1. The molecule has 1 aliphatic carbocycles. The molecule has 1 saturated carbocycles. The van der Waals surface area contributed by atoms with E-state index >= 15 is 0 Å². The number of fused-ring (bicyclic) bond motifs is 1. The molecule has 3 heterocycles. The van der Waals surface area contributed by atoms with Crippen LogP contribution < -0.4 is 0 Å². The first kappa shape index (κ1) is 26.3. The van der Waals surface area contributed by atoms with Crippen LogP contribution in [0.4, 0.5) is 0 Å². The van der Waals surface area contributed by atoms with Crippen LogP contribution in [-0.4, -0.2) is 81.1 Å². The summed E-state index contributed by atoms with van der Waals surface area (Å²) in [5, 5.41) is 9.34. The molecule has 1 N–H and O–H groups in total. The number of amides is 2. The van der Waals surface area contributed by atoms with Crippen molar-refractivity contribution in [2.45, 2.75) is 86.3 Å². The van der Waals surface area contributed by atoms with Crippen molar-refractivity contribution in [1.82, 2.24) is 9.80 Å². The average molecular weight is 505 g/mol. The van der Waals surface area contributed by atoms with Crippen molar-refractivity contribution < 1.29 is 24.2 Å². The standard InChI is InChI=1S/C27H40N2O5S/c1-3-5-18-34-26(33)21-20-13-14-27(35-20)22(21)24(31)29(16-9-10-17-30)23(27)25(32)28(15-4-2)19-11-7-6-8-12-19/h3-4,19-23,30H,1-2,5-18H2/t20-,21+,22+,23?,27?/m1/s1. The third kappa shape index (κ3) is 4.80. The SMILES string of the molecule is C=CCCOC(=O)[C@@H]1[C@H]2C(=O)N(CCCCO)C(C(=O)N(CC=C)C3CCCCC3)C23CC[C@H]1S3. The molecule has 0 aromatic heterocycles. The summed E-state index contributed by atoms with van der Waals surface area (Å²) < 4.78 is 4.96. The summed E-state index contributed by atoms with van der Waals surface area (Å²) in [6.45, 7) is 8.79. The van der Waals surface area contributed by atoms with E-state index in [4.69, 9.17) is 4.74 Å². The van der Waals surface area contributed by atoms with E-state index in [1.807, 2.05) is 4.90 Å². The lowest BCUT2D eigenvalue weighted by molar-refractivity contribution is -0.154. The summed E-state index contributed by atoms with van der Waals surface area (Å²) in [6.07, 6.45) is 12.2. The van der Waals surface area contributed by atoms with Crippen LogP contribution in [-0.2, 0) is 19.1 Å². The summed E-state index contributed by atoms with van der Waals surface area (Å²) in [5.74, 6) is -1.44. The van der Waals surface area contributed by atoms with E-state index in [1.165, 1.54) is 6.42 Å². The van der Waals surface area contributed by atoms with E-state index in [0.29, 0.717) is 32.4 Å². The molecule has 4 aliphatic rings. The van der Waals surface area contributed by atoms with Crippen molar-refractivity contribution in [2.75, 3.05) is 26.3 Å². The molecule has 3 aliphatic heterocycles. The van der Waals surface area contributed by atoms with Gasteiger partial charge in [0.1, 0.15) is 6.04 Å². The second-order valence-electron chi connectivity index (χ2n) is 10.3. The topological polar surface area (TPSA) is 87.1 Å². The van der Waals surface area contributed by atoms with Crippen LogP contribution >= 0.6 is 11.8 Å². The van der Waals surface area contributed by atoms with Crippen molar-refractivity contribution in [3.05, 3.63) is 25.3 Å². The van der Waals surface area contributed by atoms with Crippen LogP contribution in [0.25, 0.3) is 0 Å². The number of hydrogen-bond acceptors (Lipinski definition) is 6. The first-order chi connectivity index (χ1) is 17.0. The van der Waals surface area contributed by atoms with Gasteiger partial charge in [0.05, 0.1) is 23.2 Å². The Balaban J connectivity index is 1.65. The zero-order valence-corrected chi connectivity index (χ0v) is 21.6. The first-order valence-corrected chi connectivity index (χ1v) is 14.2. The molecule has 5 atom stereocenters. The smallest absolute Gasteiger partial charge is 0.310 e. The van der Waals surface area contributed by atoms with Gasteiger partial charge in [-0.1, -0.05) is 31.4 Å². The van der Waals surface area contributed by atoms with Crippen LogP contribution in [0.15, 0.2) is 25.3 Å². The number of carbonyl (C=O) groups excluding carboxylic acids is 3. The van der Waals surface area contributed by atoms with E-state index in [9.17, 15) is 19.5 Å². The fraction of sp³-hybridized carbons (Fsp3) is 0.741. The Labute approximate surface area is 213 Å². The molecule has 8 heteroatoms. The number of nitrogens with zero attached hydrogens (tertiary/aromatic N) is 2. The number of carbonyl (C=O) groups is 3. The molecule has 194 valence electrons. The fourth-order valence-electron chi connectivity index (χ4n) is 6.78. The van der Waals surface area contributed by atoms with Crippen molar-refractivity contribution in [2.24, 2.45) is 11.8 Å². The van der Waals surface area contributed by atoms with Crippen molar-refractivity contribution in [3.63, 3.8) is 0 Å². The molecule has 4 rings (SSSR count). The van der Waals surface area contributed by atoms with Gasteiger partial charge in [0.25, 0.3) is 0 Å². The first-order valence-electron chi connectivity index (χ1n) is 13.3. The maximum Gasteiger partial charge on any atom is 0.310 e. The molecule has 4 fully saturated rings. The molecule has 7 nitrogen and oxygen atoms in total. The highest BCUT2D eigenvalue weighted by Crippen LogP contribution is 2.66. The lowest BCUT2D eigenvalue weighted by atomic mass is 9.71. The van der Waals surface area contributed by atoms with Crippen molar-refractivity contribution in [1.29, 1.82) is 0 Å². The predicted octanol–water partition coefficient (Wildman–Crippen LogP) is 3.32. The minimum absolute atomic E-state index is 0.00507. The lowest BCUT2D eigenvalue weighted by Crippen LogP contribution is -2.57. The Morgan fingerprint density at radius 1 is 1.17 bits per heavy atom. The molecule has 0 aromatic rings. The molecular weight excluding hydrogens is 464 g/mol. The van der Waals surface area contributed by atoms with Gasteiger partial charge in [-0.3, -0.25) is 14.4 Å². The Hall–Kier alpha value is -1.80. The van der Waals surface area contributed by atoms with Crippen LogP contribution in [0.1, 0.15) is 64.2 Å². The summed E-state index contributed by atoms with van der Waals surface area (Å²) >= 11 is 1.68. The number of esters is 1. The van der Waals surface area contributed by atoms with Gasteiger partial charge in [-0.2, -0.15) is 0 Å². The molecule has 2 bridgehead atoms. The molecule has 0 aromatic carbocycles. The third-order valence-corrected chi connectivity index (χ3v) is 10.3. The van der Waals surface area contributed by atoms with Crippen molar-refractivity contribution in [3.8, 4) is 0 Å². The zero-order valence-electron chi connectivity index (χ0n) is 20.7. The molecule has 1 spiro atoms. The van der Waals surface area contributed by atoms with Gasteiger partial charge in [0.15, 0.2) is 0 Å². The minimum atomic E-state index is -0.589. The van der Waals surface area contributed by atoms with E-state index in [2.05, 4.69) is 13.2 Å². The Bertz CT molecular complexity index is 828. The average Bonchev–Trinajstić information content (AvgIpc) is 3.50.